The first-order chi connectivity index (χ1) is 13.0. The molecule has 146 valence electrons. The van der Waals surface area contributed by atoms with Crippen molar-refractivity contribution in [2.45, 2.75) is 31.2 Å². The molecule has 0 spiro atoms. The summed E-state index contributed by atoms with van der Waals surface area (Å²) in [5.74, 6) is 0.898. The van der Waals surface area contributed by atoms with E-state index in [0.717, 1.165) is 12.8 Å². The Kier molecular flexibility index (Phi) is 6.18. The van der Waals surface area contributed by atoms with Gasteiger partial charge in [-0.3, -0.25) is 4.79 Å². The first kappa shape index (κ1) is 19.4. The lowest BCUT2D eigenvalue weighted by atomic mass is 10.3. The van der Waals surface area contributed by atoms with Gasteiger partial charge in [-0.15, -0.1) is 0 Å². The highest BCUT2D eigenvalue weighted by atomic mass is 32.2. The summed E-state index contributed by atoms with van der Waals surface area (Å²) in [5.41, 5.74) is 0. The number of nitrogens with zero attached hydrogens (tertiary/aromatic N) is 2. The molecule has 1 aromatic carbocycles. The maximum absolute atomic E-state index is 13.2. The molecule has 1 aliphatic rings. The van der Waals surface area contributed by atoms with E-state index in [4.69, 9.17) is 9.15 Å². The number of furan rings is 1. The van der Waals surface area contributed by atoms with Crippen molar-refractivity contribution in [2.24, 2.45) is 0 Å². The molecule has 2 aromatic rings. The Labute approximate surface area is 159 Å². The normalized spacial score (nSPS) is 14.7. The molecule has 1 aliphatic heterocycles. The molecule has 8 heteroatoms. The Morgan fingerprint density at radius 3 is 2.48 bits per heavy atom. The van der Waals surface area contributed by atoms with Crippen LogP contribution in [0.2, 0.25) is 0 Å². The smallest absolute Gasteiger partial charge is 0.243 e. The number of carbonyl (C=O) groups is 1. The maximum atomic E-state index is 13.2. The summed E-state index contributed by atoms with van der Waals surface area (Å²) in [6.45, 7) is 3.51. The first-order valence-electron chi connectivity index (χ1n) is 9.04. The summed E-state index contributed by atoms with van der Waals surface area (Å²) in [6.07, 6.45) is 3.39. The molecule has 1 amide bonds. The predicted octanol–water partition coefficient (Wildman–Crippen LogP) is 2.49. The van der Waals surface area contributed by atoms with E-state index < -0.39 is 10.0 Å². The first-order valence-corrected chi connectivity index (χ1v) is 10.5. The summed E-state index contributed by atoms with van der Waals surface area (Å²) in [4.78, 5) is 14.4. The standard InChI is InChI=1S/C19H24N2O5S/c1-2-25-16-7-9-18(10-8-16)27(23,24)21(14-17-6-5-13-26-17)15-19(22)20-11-3-4-12-20/h5-10,13H,2-4,11-12,14-15H2,1H3. The third-order valence-electron chi connectivity index (χ3n) is 4.46. The van der Waals surface area contributed by atoms with Crippen LogP contribution in [0.1, 0.15) is 25.5 Å². The van der Waals surface area contributed by atoms with Crippen molar-refractivity contribution in [3.63, 3.8) is 0 Å². The second-order valence-electron chi connectivity index (χ2n) is 6.34. The van der Waals surface area contributed by atoms with E-state index >= 15 is 0 Å². The quantitative estimate of drug-likeness (QED) is 0.690. The topological polar surface area (TPSA) is 80.1 Å². The fourth-order valence-electron chi connectivity index (χ4n) is 3.04. The second kappa shape index (κ2) is 8.58. The zero-order valence-corrected chi connectivity index (χ0v) is 16.2. The number of rotatable bonds is 8. The Morgan fingerprint density at radius 2 is 1.89 bits per heavy atom. The molecular weight excluding hydrogens is 368 g/mol. The van der Waals surface area contributed by atoms with Crippen LogP contribution in [-0.4, -0.2) is 49.8 Å². The lowest BCUT2D eigenvalue weighted by Crippen LogP contribution is -2.41. The van der Waals surface area contributed by atoms with Gasteiger partial charge >= 0.3 is 0 Å². The van der Waals surface area contributed by atoms with Gasteiger partial charge in [0.15, 0.2) is 0 Å². The molecule has 0 unspecified atom stereocenters. The fraction of sp³-hybridized carbons (Fsp3) is 0.421. The zero-order valence-electron chi connectivity index (χ0n) is 15.3. The highest BCUT2D eigenvalue weighted by Crippen LogP contribution is 2.22. The molecule has 2 heterocycles. The number of benzene rings is 1. The van der Waals surface area contributed by atoms with E-state index in [2.05, 4.69) is 0 Å². The van der Waals surface area contributed by atoms with Crippen LogP contribution >= 0.6 is 0 Å². The SMILES string of the molecule is CCOc1ccc(S(=O)(=O)N(CC(=O)N2CCCC2)Cc2ccco2)cc1. The number of hydrogen-bond donors (Lipinski definition) is 0. The molecule has 0 atom stereocenters. The van der Waals surface area contributed by atoms with Crippen molar-refractivity contribution in [1.29, 1.82) is 0 Å². The Bertz CT molecular complexity index is 841. The molecule has 1 aromatic heterocycles. The van der Waals surface area contributed by atoms with Gasteiger partial charge in [0.2, 0.25) is 15.9 Å². The fourth-order valence-corrected chi connectivity index (χ4v) is 4.40. The lowest BCUT2D eigenvalue weighted by Gasteiger charge is -2.24. The van der Waals surface area contributed by atoms with Crippen LogP contribution in [0.3, 0.4) is 0 Å². The van der Waals surface area contributed by atoms with E-state index in [1.54, 1.807) is 29.2 Å². The molecule has 27 heavy (non-hydrogen) atoms. The molecule has 0 aliphatic carbocycles. The van der Waals surface area contributed by atoms with Gasteiger partial charge in [0.05, 0.1) is 30.9 Å². The number of amides is 1. The van der Waals surface area contributed by atoms with Gasteiger partial charge in [0.1, 0.15) is 11.5 Å². The number of ether oxygens (including phenoxy) is 1. The average molecular weight is 392 g/mol. The van der Waals surface area contributed by atoms with Crippen molar-refractivity contribution in [3.05, 3.63) is 48.4 Å². The molecule has 0 radical (unpaired) electrons. The predicted molar refractivity (Wildman–Crippen MR) is 99.7 cm³/mol. The van der Waals surface area contributed by atoms with Crippen molar-refractivity contribution in [2.75, 3.05) is 26.2 Å². The van der Waals surface area contributed by atoms with E-state index in [9.17, 15) is 13.2 Å². The number of sulfonamides is 1. The van der Waals surface area contributed by atoms with Crippen molar-refractivity contribution >= 4 is 15.9 Å². The van der Waals surface area contributed by atoms with Gasteiger partial charge in [-0.25, -0.2) is 8.42 Å². The Morgan fingerprint density at radius 1 is 1.19 bits per heavy atom. The van der Waals surface area contributed by atoms with Gasteiger partial charge in [0, 0.05) is 13.1 Å². The third kappa shape index (κ3) is 4.70. The van der Waals surface area contributed by atoms with Gasteiger partial charge in [-0.1, -0.05) is 0 Å². The summed E-state index contributed by atoms with van der Waals surface area (Å²) in [5, 5.41) is 0. The van der Waals surface area contributed by atoms with E-state index in [1.165, 1.54) is 22.7 Å². The van der Waals surface area contributed by atoms with Crippen LogP contribution in [0, 0.1) is 0 Å². The number of likely N-dealkylation sites (tertiary alicyclic amines) is 1. The minimum atomic E-state index is -3.86. The lowest BCUT2D eigenvalue weighted by molar-refractivity contribution is -0.130. The van der Waals surface area contributed by atoms with Crippen molar-refractivity contribution < 1.29 is 22.4 Å². The maximum Gasteiger partial charge on any atom is 0.243 e. The number of carbonyl (C=O) groups excluding carboxylic acids is 1. The molecular formula is C19H24N2O5S. The summed E-state index contributed by atoms with van der Waals surface area (Å²) in [7, 11) is -3.86. The van der Waals surface area contributed by atoms with Gasteiger partial charge in [0.25, 0.3) is 0 Å². The average Bonchev–Trinajstić information content (AvgIpc) is 3.36. The molecule has 0 bridgehead atoms. The van der Waals surface area contributed by atoms with E-state index in [0.29, 0.717) is 31.2 Å². The van der Waals surface area contributed by atoms with E-state index in [-0.39, 0.29) is 23.9 Å². The molecule has 7 nitrogen and oxygen atoms in total. The highest BCUT2D eigenvalue weighted by Gasteiger charge is 2.30. The van der Waals surface area contributed by atoms with Crippen LogP contribution in [0.15, 0.2) is 52.0 Å². The van der Waals surface area contributed by atoms with Crippen LogP contribution in [0.25, 0.3) is 0 Å². The van der Waals surface area contributed by atoms with Crippen LogP contribution in [0.4, 0.5) is 0 Å². The van der Waals surface area contributed by atoms with Crippen molar-refractivity contribution in [1.82, 2.24) is 9.21 Å². The van der Waals surface area contributed by atoms with Crippen LogP contribution in [-0.2, 0) is 21.4 Å². The minimum Gasteiger partial charge on any atom is -0.494 e. The molecule has 1 fully saturated rings. The Balaban J connectivity index is 1.83. The van der Waals surface area contributed by atoms with Gasteiger partial charge in [-0.05, 0) is 56.2 Å². The highest BCUT2D eigenvalue weighted by molar-refractivity contribution is 7.89. The Hall–Kier alpha value is -2.32. The molecule has 0 N–H and O–H groups in total. The second-order valence-corrected chi connectivity index (χ2v) is 8.28. The third-order valence-corrected chi connectivity index (χ3v) is 6.26. The van der Waals surface area contributed by atoms with Crippen LogP contribution < -0.4 is 4.74 Å². The minimum absolute atomic E-state index is 0.00211. The molecule has 3 rings (SSSR count). The number of hydrogen-bond acceptors (Lipinski definition) is 5. The summed E-state index contributed by atoms with van der Waals surface area (Å²) in [6, 6.07) is 9.61. The molecule has 1 saturated heterocycles. The zero-order chi connectivity index (χ0) is 19.3. The van der Waals surface area contributed by atoms with Gasteiger partial charge in [-0.2, -0.15) is 4.31 Å². The van der Waals surface area contributed by atoms with Crippen LogP contribution in [0.5, 0.6) is 5.75 Å². The van der Waals surface area contributed by atoms with E-state index in [1.807, 2.05) is 6.92 Å². The van der Waals surface area contributed by atoms with Gasteiger partial charge < -0.3 is 14.1 Å². The van der Waals surface area contributed by atoms with Crippen molar-refractivity contribution in [3.8, 4) is 5.75 Å². The summed E-state index contributed by atoms with van der Waals surface area (Å²) >= 11 is 0. The summed E-state index contributed by atoms with van der Waals surface area (Å²) < 4.78 is 38.1. The largest absolute Gasteiger partial charge is 0.494 e. The monoisotopic (exact) mass is 392 g/mol. The molecule has 0 saturated carbocycles.